The summed E-state index contributed by atoms with van der Waals surface area (Å²) < 4.78 is 9.75. The Hall–Kier alpha value is -6.18. The van der Waals surface area contributed by atoms with E-state index in [1.807, 2.05) is 12.1 Å². The molecule has 0 radical (unpaired) electrons. The van der Waals surface area contributed by atoms with Crippen molar-refractivity contribution in [2.45, 2.75) is 84.5 Å². The van der Waals surface area contributed by atoms with Gasteiger partial charge in [-0.3, -0.25) is 0 Å². The molecule has 3 aliphatic rings. The standard InChI is InChI=1S/C62H62N2O2.HI/c1-7-42-63-54-28-17-15-26-52(54)61(3,4)56(63)40-34-48-24-19-25-49(35-41-57-62(5,6)53-27-16-18-29-55(53)64(57)43-8-2)60(48)66-51-38-32-47(33-39-51)59(45-22-13-10-14-23-45)58(44-20-11-9-12-21-44)46-30-36-50(65)37-31-46;/h9-18,20-23,26-41H,7-8,19,24-25,42-43H2,1-6H3;1H/b59-58-;. The number of para-hydroxylation sites is 2. The number of aromatic hydroxyl groups is 1. The molecular weight excluding hydrogens is 932 g/mol. The summed E-state index contributed by atoms with van der Waals surface area (Å²) in [5, 5.41) is 10.3. The number of phenolic OH excluding ortho intramolecular Hbond substituents is 1. The van der Waals surface area contributed by atoms with Crippen LogP contribution in [0.4, 0.5) is 11.4 Å². The highest BCUT2D eigenvalue weighted by atomic mass is 127. The Morgan fingerprint density at radius 3 is 1.81 bits per heavy atom. The van der Waals surface area contributed by atoms with Crippen molar-refractivity contribution in [1.29, 1.82) is 0 Å². The number of anilines is 1. The molecule has 0 saturated heterocycles. The number of hydrogen-bond donors (Lipinski definition) is 1. The fourth-order valence-electron chi connectivity index (χ4n) is 10.5. The van der Waals surface area contributed by atoms with Gasteiger partial charge in [0.05, 0.1) is 5.41 Å². The van der Waals surface area contributed by atoms with Crippen LogP contribution in [-0.2, 0) is 10.8 Å². The van der Waals surface area contributed by atoms with Crippen molar-refractivity contribution in [3.63, 3.8) is 0 Å². The number of ether oxygens (including phenoxy) is 1. The maximum absolute atomic E-state index is 10.3. The summed E-state index contributed by atoms with van der Waals surface area (Å²) in [7, 11) is 0. The van der Waals surface area contributed by atoms with Gasteiger partial charge in [0.15, 0.2) is 5.71 Å². The molecule has 5 heteroatoms. The lowest BCUT2D eigenvalue weighted by Crippen LogP contribution is -3.00. The SMILES string of the molecule is CCCN1/C(=C\C=C2/CCCC(/C=C\C3=[N+](CCC)c4ccccc4C3(C)C)=C2Oc2ccc(/C(=C(/c3ccccc3)c3ccc(O)cc3)c3ccccc3)cc2)C(C)(C)c2ccccc21.[I-]. The van der Waals surface area contributed by atoms with Gasteiger partial charge in [-0.25, -0.2) is 0 Å². The van der Waals surface area contributed by atoms with Gasteiger partial charge in [-0.1, -0.05) is 155 Å². The smallest absolute Gasteiger partial charge is 0.209 e. The maximum Gasteiger partial charge on any atom is 0.209 e. The molecule has 0 saturated carbocycles. The fraction of sp³-hybridized carbons (Fsp3) is 0.242. The summed E-state index contributed by atoms with van der Waals surface area (Å²) in [6.45, 7) is 15.9. The van der Waals surface area contributed by atoms with Crippen molar-refractivity contribution in [3.8, 4) is 11.5 Å². The van der Waals surface area contributed by atoms with Crippen LogP contribution in [0.1, 0.15) is 107 Å². The zero-order chi connectivity index (χ0) is 45.8. The molecule has 6 aromatic carbocycles. The van der Waals surface area contributed by atoms with Gasteiger partial charge in [0, 0.05) is 47.5 Å². The van der Waals surface area contributed by atoms with E-state index in [0.29, 0.717) is 0 Å². The van der Waals surface area contributed by atoms with E-state index in [1.165, 1.54) is 45.1 Å². The molecule has 0 unspecified atom stereocenters. The zero-order valence-corrected chi connectivity index (χ0v) is 42.1. The predicted molar refractivity (Wildman–Crippen MR) is 276 cm³/mol. The minimum atomic E-state index is -0.133. The number of phenols is 1. The summed E-state index contributed by atoms with van der Waals surface area (Å²) in [5.41, 5.74) is 16.7. The number of nitrogens with zero attached hydrogens (tertiary/aromatic N) is 2. The summed E-state index contributed by atoms with van der Waals surface area (Å²) in [5.74, 6) is 1.99. The van der Waals surface area contributed by atoms with Gasteiger partial charge in [-0.2, -0.15) is 4.58 Å². The van der Waals surface area contributed by atoms with E-state index >= 15 is 0 Å². The summed E-state index contributed by atoms with van der Waals surface area (Å²) in [4.78, 5) is 2.53. The van der Waals surface area contributed by atoms with Gasteiger partial charge in [0.25, 0.3) is 0 Å². The van der Waals surface area contributed by atoms with Crippen LogP contribution in [-0.4, -0.2) is 28.5 Å². The maximum atomic E-state index is 10.3. The predicted octanol–water partition coefficient (Wildman–Crippen LogP) is 12.3. The lowest BCUT2D eigenvalue weighted by atomic mass is 9.81. The number of allylic oxidation sites excluding steroid dienone is 7. The molecule has 340 valence electrons. The Bertz CT molecular complexity index is 2910. The molecule has 0 aromatic heterocycles. The van der Waals surface area contributed by atoms with Gasteiger partial charge in [0.1, 0.15) is 23.8 Å². The molecule has 67 heavy (non-hydrogen) atoms. The first-order valence-electron chi connectivity index (χ1n) is 24.0. The highest BCUT2D eigenvalue weighted by Gasteiger charge is 2.44. The first-order valence-corrected chi connectivity index (χ1v) is 24.0. The van der Waals surface area contributed by atoms with Crippen molar-refractivity contribution < 1.29 is 38.4 Å². The Labute approximate surface area is 416 Å². The quantitative estimate of drug-likeness (QED) is 0.0711. The largest absolute Gasteiger partial charge is 1.00 e. The lowest BCUT2D eigenvalue weighted by Gasteiger charge is -2.27. The number of fused-ring (bicyclic) bond motifs is 2. The second-order valence-corrected chi connectivity index (χ2v) is 18.9. The van der Waals surface area contributed by atoms with Crippen molar-refractivity contribution in [3.05, 3.63) is 238 Å². The molecule has 0 fully saturated rings. The van der Waals surface area contributed by atoms with Crippen LogP contribution < -0.4 is 33.6 Å². The Morgan fingerprint density at radius 1 is 0.612 bits per heavy atom. The topological polar surface area (TPSA) is 35.7 Å². The molecule has 4 nitrogen and oxygen atoms in total. The molecule has 0 spiro atoms. The second kappa shape index (κ2) is 20.4. The molecule has 2 aliphatic heterocycles. The molecule has 2 heterocycles. The van der Waals surface area contributed by atoms with E-state index in [4.69, 9.17) is 4.74 Å². The van der Waals surface area contributed by atoms with Crippen molar-refractivity contribution >= 4 is 28.2 Å². The van der Waals surface area contributed by atoms with Crippen LogP contribution in [0.15, 0.2) is 205 Å². The number of benzene rings is 6. The van der Waals surface area contributed by atoms with Crippen molar-refractivity contribution in [1.82, 2.24) is 0 Å². The van der Waals surface area contributed by atoms with Crippen LogP contribution in [0.2, 0.25) is 0 Å². The van der Waals surface area contributed by atoms with E-state index in [9.17, 15) is 5.11 Å². The van der Waals surface area contributed by atoms with Crippen LogP contribution in [0.25, 0.3) is 11.1 Å². The third-order valence-corrected chi connectivity index (χ3v) is 13.7. The van der Waals surface area contributed by atoms with Gasteiger partial charge in [0.2, 0.25) is 5.69 Å². The Kier molecular flexibility index (Phi) is 14.4. The van der Waals surface area contributed by atoms with Crippen LogP contribution in [0, 0.1) is 0 Å². The second-order valence-electron chi connectivity index (χ2n) is 18.9. The van der Waals surface area contributed by atoms with E-state index in [1.54, 1.807) is 12.1 Å². The Balaban J connectivity index is 0.00000608. The van der Waals surface area contributed by atoms with Crippen molar-refractivity contribution in [2.75, 3.05) is 18.0 Å². The van der Waals surface area contributed by atoms with E-state index in [-0.39, 0.29) is 40.6 Å². The normalized spacial score (nSPS) is 17.7. The zero-order valence-electron chi connectivity index (χ0n) is 39.9. The molecule has 1 N–H and O–H groups in total. The molecule has 0 atom stereocenters. The van der Waals surface area contributed by atoms with Crippen molar-refractivity contribution in [2.24, 2.45) is 0 Å². The molecule has 6 aromatic rings. The third-order valence-electron chi connectivity index (χ3n) is 13.7. The summed E-state index contributed by atoms with van der Waals surface area (Å²) in [6, 6.07) is 55.1. The minimum absolute atomic E-state index is 0. The number of rotatable bonds is 13. The average molecular weight is 995 g/mol. The summed E-state index contributed by atoms with van der Waals surface area (Å²) in [6.07, 6.45) is 14.5. The van der Waals surface area contributed by atoms with Gasteiger partial charge < -0.3 is 38.7 Å². The minimum Gasteiger partial charge on any atom is -1.00 e. The fourth-order valence-corrected chi connectivity index (χ4v) is 10.5. The number of hydrogen-bond acceptors (Lipinski definition) is 3. The van der Waals surface area contributed by atoms with Crippen LogP contribution in [0.3, 0.4) is 0 Å². The van der Waals surface area contributed by atoms with Crippen LogP contribution >= 0.6 is 0 Å². The first-order chi connectivity index (χ1) is 32.1. The average Bonchev–Trinajstić information content (AvgIpc) is 3.69. The van der Waals surface area contributed by atoms with E-state index < -0.39 is 0 Å². The van der Waals surface area contributed by atoms with E-state index in [0.717, 1.165) is 90.1 Å². The monoisotopic (exact) mass is 994 g/mol. The molecule has 1 aliphatic carbocycles. The third kappa shape index (κ3) is 9.41. The molecule has 9 rings (SSSR count). The van der Waals surface area contributed by atoms with Gasteiger partial charge in [-0.05, 0) is 132 Å². The first kappa shape index (κ1) is 47.3. The highest BCUT2D eigenvalue weighted by Crippen LogP contribution is 2.48. The highest BCUT2D eigenvalue weighted by molar-refractivity contribution is 6.05. The molecular formula is C62H63IN2O2. The van der Waals surface area contributed by atoms with Crippen LogP contribution in [0.5, 0.6) is 11.5 Å². The molecule has 0 bridgehead atoms. The summed E-state index contributed by atoms with van der Waals surface area (Å²) >= 11 is 0. The van der Waals surface area contributed by atoms with Gasteiger partial charge >= 0.3 is 0 Å². The Morgan fingerprint density at radius 2 is 1.18 bits per heavy atom. The van der Waals surface area contributed by atoms with Gasteiger partial charge in [-0.15, -0.1) is 0 Å². The lowest BCUT2D eigenvalue weighted by molar-refractivity contribution is -0.437. The number of halogens is 1. The molecule has 0 amide bonds. The van der Waals surface area contributed by atoms with E-state index in [2.05, 4.69) is 209 Å².